The van der Waals surface area contributed by atoms with Crippen molar-refractivity contribution in [3.63, 3.8) is 0 Å². The predicted molar refractivity (Wildman–Crippen MR) is 82.4 cm³/mol. The van der Waals surface area contributed by atoms with E-state index >= 15 is 0 Å². The minimum Gasteiger partial charge on any atom is -0.545 e. The van der Waals surface area contributed by atoms with Crippen LogP contribution in [0.3, 0.4) is 0 Å². The molecule has 3 aromatic rings. The van der Waals surface area contributed by atoms with E-state index in [1.165, 1.54) is 16.5 Å². The smallest absolute Gasteiger partial charge is 0.102 e. The molecule has 0 amide bonds. The van der Waals surface area contributed by atoms with Crippen LogP contribution in [0.1, 0.15) is 15.9 Å². The van der Waals surface area contributed by atoms with Crippen molar-refractivity contribution in [2.24, 2.45) is 0 Å². The molecule has 2 aromatic carbocycles. The molecular weight excluding hydrogens is 278 g/mol. The number of carbonyl (C=O) groups is 1. The number of hydrogen-bond acceptors (Lipinski definition) is 3. The van der Waals surface area contributed by atoms with Crippen molar-refractivity contribution < 1.29 is 14.8 Å². The van der Waals surface area contributed by atoms with Crippen LogP contribution in [0, 0.1) is 0 Å². The standard InChI is InChI=1S/C17H17N3O2/c1-20(2)10-11-5-3-6-12(9-11)15-13-7-4-8-14(17(21)22)16(13)19-18-15/h3-9H,10H2,1-2H3,(H,18,19)(H,21,22). The quantitative estimate of drug-likeness (QED) is 0.724. The molecule has 0 radical (unpaired) electrons. The number of para-hydroxylation sites is 1. The molecule has 5 nitrogen and oxygen atoms in total. The number of carboxylic acid groups (broad SMARTS) is 1. The zero-order chi connectivity index (χ0) is 15.7. The highest BCUT2D eigenvalue weighted by molar-refractivity contribution is 6.05. The Kier molecular flexibility index (Phi) is 3.65. The van der Waals surface area contributed by atoms with Crippen LogP contribution in [0.15, 0.2) is 42.5 Å². The second-order valence-electron chi connectivity index (χ2n) is 5.67. The molecule has 0 spiro atoms. The summed E-state index contributed by atoms with van der Waals surface area (Å²) >= 11 is 0. The van der Waals surface area contributed by atoms with Crippen LogP contribution in [-0.4, -0.2) is 30.3 Å². The molecule has 0 aliphatic carbocycles. The van der Waals surface area contributed by atoms with Gasteiger partial charge >= 0.3 is 0 Å². The second-order valence-corrected chi connectivity index (χ2v) is 5.67. The molecule has 3 rings (SSSR count). The molecule has 22 heavy (non-hydrogen) atoms. The number of H-pyrrole nitrogens is 1. The number of aromatic carboxylic acids is 1. The maximum Gasteiger partial charge on any atom is 0.102 e. The number of rotatable bonds is 4. The van der Waals surface area contributed by atoms with E-state index in [1.807, 2.05) is 18.2 Å². The number of quaternary nitrogens is 1. The lowest BCUT2D eigenvalue weighted by molar-refractivity contribution is -0.872. The minimum absolute atomic E-state index is 0.130. The molecule has 1 heterocycles. The van der Waals surface area contributed by atoms with Gasteiger partial charge in [0.1, 0.15) is 6.54 Å². The number of fused-ring (bicyclic) bond motifs is 1. The first-order valence-corrected chi connectivity index (χ1v) is 7.13. The molecule has 0 aliphatic rings. The van der Waals surface area contributed by atoms with Gasteiger partial charge in [-0.1, -0.05) is 36.4 Å². The van der Waals surface area contributed by atoms with Crippen molar-refractivity contribution in [1.29, 1.82) is 0 Å². The van der Waals surface area contributed by atoms with Crippen LogP contribution in [-0.2, 0) is 6.54 Å². The van der Waals surface area contributed by atoms with Gasteiger partial charge in [-0.3, -0.25) is 5.10 Å². The summed E-state index contributed by atoms with van der Waals surface area (Å²) in [6, 6.07) is 13.2. The van der Waals surface area contributed by atoms with Gasteiger partial charge in [0.15, 0.2) is 0 Å². The fourth-order valence-corrected chi connectivity index (χ4v) is 2.67. The zero-order valence-corrected chi connectivity index (χ0v) is 12.5. The normalized spacial score (nSPS) is 11.2. The van der Waals surface area contributed by atoms with E-state index < -0.39 is 5.97 Å². The summed E-state index contributed by atoms with van der Waals surface area (Å²) in [7, 11) is 4.20. The fraction of sp³-hybridized carbons (Fsp3) is 0.176. The van der Waals surface area contributed by atoms with E-state index in [4.69, 9.17) is 0 Å². The molecule has 0 unspecified atom stereocenters. The minimum atomic E-state index is -1.20. The van der Waals surface area contributed by atoms with Crippen LogP contribution >= 0.6 is 0 Å². The molecule has 5 heteroatoms. The summed E-state index contributed by atoms with van der Waals surface area (Å²) in [5, 5.41) is 19.1. The van der Waals surface area contributed by atoms with Gasteiger partial charge in [-0.2, -0.15) is 5.10 Å². The Bertz CT molecular complexity index is 837. The van der Waals surface area contributed by atoms with E-state index in [0.29, 0.717) is 5.52 Å². The number of carbonyl (C=O) groups excluding carboxylic acids is 1. The van der Waals surface area contributed by atoms with Gasteiger partial charge in [-0.05, 0) is 6.07 Å². The van der Waals surface area contributed by atoms with Crippen molar-refractivity contribution in [3.8, 4) is 11.3 Å². The first kappa shape index (κ1) is 14.3. The summed E-state index contributed by atoms with van der Waals surface area (Å²) in [6.07, 6.45) is 0. The first-order valence-electron chi connectivity index (χ1n) is 7.13. The molecule has 0 bridgehead atoms. The maximum absolute atomic E-state index is 11.2. The van der Waals surface area contributed by atoms with Gasteiger partial charge < -0.3 is 14.8 Å². The lowest BCUT2D eigenvalue weighted by Crippen LogP contribution is -3.04. The fourth-order valence-electron chi connectivity index (χ4n) is 2.67. The Morgan fingerprint density at radius 2 is 2.00 bits per heavy atom. The van der Waals surface area contributed by atoms with Crippen molar-refractivity contribution in [2.45, 2.75) is 6.54 Å². The Morgan fingerprint density at radius 1 is 1.23 bits per heavy atom. The van der Waals surface area contributed by atoms with Crippen LogP contribution in [0.4, 0.5) is 0 Å². The molecular formula is C17H17N3O2. The lowest BCUT2D eigenvalue weighted by atomic mass is 10.0. The van der Waals surface area contributed by atoms with E-state index in [0.717, 1.165) is 23.2 Å². The number of nitrogens with one attached hydrogen (secondary N) is 2. The summed E-state index contributed by atoms with van der Waals surface area (Å²) in [4.78, 5) is 12.5. The maximum atomic E-state index is 11.2. The van der Waals surface area contributed by atoms with Crippen molar-refractivity contribution in [1.82, 2.24) is 10.2 Å². The average Bonchev–Trinajstić information content (AvgIpc) is 2.90. The summed E-state index contributed by atoms with van der Waals surface area (Å²) < 4.78 is 0. The number of nitrogens with zero attached hydrogens (tertiary/aromatic N) is 1. The molecule has 112 valence electrons. The van der Waals surface area contributed by atoms with Crippen molar-refractivity contribution in [3.05, 3.63) is 53.6 Å². The van der Waals surface area contributed by atoms with Gasteiger partial charge in [-0.25, -0.2) is 0 Å². The van der Waals surface area contributed by atoms with Gasteiger partial charge in [-0.15, -0.1) is 0 Å². The van der Waals surface area contributed by atoms with E-state index in [9.17, 15) is 9.90 Å². The largest absolute Gasteiger partial charge is 0.545 e. The molecule has 2 N–H and O–H groups in total. The number of carboxylic acids is 1. The second kappa shape index (κ2) is 5.61. The van der Waals surface area contributed by atoms with Crippen LogP contribution < -0.4 is 10.0 Å². The Morgan fingerprint density at radius 3 is 2.73 bits per heavy atom. The number of benzene rings is 2. The average molecular weight is 295 g/mol. The molecule has 0 fully saturated rings. The van der Waals surface area contributed by atoms with E-state index in [-0.39, 0.29) is 5.56 Å². The number of aromatic nitrogens is 2. The third-order valence-corrected chi connectivity index (χ3v) is 3.58. The highest BCUT2D eigenvalue weighted by Crippen LogP contribution is 2.28. The van der Waals surface area contributed by atoms with Gasteiger partial charge in [0.2, 0.25) is 0 Å². The molecule has 0 atom stereocenters. The molecule has 0 saturated carbocycles. The lowest BCUT2D eigenvalue weighted by Gasteiger charge is -2.08. The topological polar surface area (TPSA) is 73.2 Å². The molecule has 1 aromatic heterocycles. The zero-order valence-electron chi connectivity index (χ0n) is 12.5. The summed E-state index contributed by atoms with van der Waals surface area (Å²) in [6.45, 7) is 0.917. The van der Waals surface area contributed by atoms with Gasteiger partial charge in [0.25, 0.3) is 0 Å². The van der Waals surface area contributed by atoms with Crippen LogP contribution in [0.2, 0.25) is 0 Å². The number of aromatic amines is 1. The predicted octanol–water partition coefficient (Wildman–Crippen LogP) is 0.238. The highest BCUT2D eigenvalue weighted by Gasteiger charge is 2.12. The first-order chi connectivity index (χ1) is 10.6. The summed E-state index contributed by atoms with van der Waals surface area (Å²) in [5.41, 5.74) is 3.57. The third kappa shape index (κ3) is 2.58. The van der Waals surface area contributed by atoms with Crippen LogP contribution in [0.5, 0.6) is 0 Å². The van der Waals surface area contributed by atoms with Gasteiger partial charge in [0, 0.05) is 22.1 Å². The molecule has 0 aliphatic heterocycles. The SMILES string of the molecule is C[NH+](C)Cc1cccc(-c2n[nH]c3c(C(=O)[O-])cccc23)c1. The van der Waals surface area contributed by atoms with Gasteiger partial charge in [0.05, 0.1) is 31.3 Å². The Labute approximate surface area is 128 Å². The molecule has 0 saturated heterocycles. The van der Waals surface area contributed by atoms with Crippen LogP contribution in [0.25, 0.3) is 22.2 Å². The summed E-state index contributed by atoms with van der Waals surface area (Å²) in [5.74, 6) is -1.20. The Balaban J connectivity index is 2.11. The van der Waals surface area contributed by atoms with E-state index in [2.05, 4.69) is 36.4 Å². The Hall–Kier alpha value is -2.66. The van der Waals surface area contributed by atoms with E-state index in [1.54, 1.807) is 6.07 Å². The third-order valence-electron chi connectivity index (χ3n) is 3.58. The number of hydrogen-bond donors (Lipinski definition) is 2. The highest BCUT2D eigenvalue weighted by atomic mass is 16.4. The van der Waals surface area contributed by atoms with Crippen molar-refractivity contribution >= 4 is 16.9 Å². The van der Waals surface area contributed by atoms with Crippen molar-refractivity contribution in [2.75, 3.05) is 14.1 Å². The monoisotopic (exact) mass is 295 g/mol.